The Labute approximate surface area is 222 Å². The molecular formula is C27H29Cl2N3O3Ru-4. The van der Waals surface area contributed by atoms with Gasteiger partial charge in [-0.15, -0.1) is 0 Å². The van der Waals surface area contributed by atoms with Gasteiger partial charge in [-0.05, 0) is 0 Å². The molecule has 0 amide bonds. The van der Waals surface area contributed by atoms with Gasteiger partial charge in [0.25, 0.3) is 0 Å². The van der Waals surface area contributed by atoms with E-state index in [1.165, 1.54) is 12.1 Å². The predicted molar refractivity (Wildman–Crippen MR) is 148 cm³/mol. The SMILES string of the molecule is Cc1ccccc1N1CCN(c2ccccc2C)[C]1=[Ru-4]([Cl])([Cl])=[CH]c1cc([N+](=O)[O-])ccc1OC(C)C. The molecular weight excluding hydrogens is 586 g/mol. The van der Waals surface area contributed by atoms with Gasteiger partial charge < -0.3 is 0 Å². The fraction of sp³-hybridized carbons (Fsp3) is 0.259. The molecule has 3 aromatic rings. The summed E-state index contributed by atoms with van der Waals surface area (Å²) < 4.78 is 8.61. The first kappa shape index (κ1) is 26.5. The van der Waals surface area contributed by atoms with Gasteiger partial charge >= 0.3 is 223 Å². The summed E-state index contributed by atoms with van der Waals surface area (Å²) in [6.07, 6.45) is -0.116. The van der Waals surface area contributed by atoms with Crippen molar-refractivity contribution in [2.75, 3.05) is 22.9 Å². The number of anilines is 2. The number of nitro groups is 1. The Morgan fingerprint density at radius 1 is 0.944 bits per heavy atom. The van der Waals surface area contributed by atoms with Gasteiger partial charge in [0.2, 0.25) is 0 Å². The zero-order chi connectivity index (χ0) is 26.0. The molecule has 9 heteroatoms. The molecule has 1 heterocycles. The van der Waals surface area contributed by atoms with Crippen molar-refractivity contribution in [2.24, 2.45) is 0 Å². The summed E-state index contributed by atoms with van der Waals surface area (Å²) in [6, 6.07) is 20.8. The summed E-state index contributed by atoms with van der Waals surface area (Å²) in [5.41, 5.74) is 4.81. The molecule has 1 aliphatic heterocycles. The maximum atomic E-state index is 11.5. The number of rotatable bonds is 6. The molecule has 0 saturated carbocycles. The number of aryl methyl sites for hydroxylation is 2. The number of nitrogens with zero attached hydrogens (tertiary/aromatic N) is 3. The minimum absolute atomic E-state index is 0.0381. The number of benzene rings is 3. The van der Waals surface area contributed by atoms with Crippen LogP contribution in [0.2, 0.25) is 0 Å². The van der Waals surface area contributed by atoms with Gasteiger partial charge in [-0.2, -0.15) is 0 Å². The number of non-ortho nitro benzene ring substituents is 1. The van der Waals surface area contributed by atoms with Crippen molar-refractivity contribution in [3.05, 3.63) is 93.5 Å². The molecule has 1 saturated heterocycles. The van der Waals surface area contributed by atoms with Crippen LogP contribution in [0.15, 0.2) is 66.7 Å². The van der Waals surface area contributed by atoms with Gasteiger partial charge in [-0.25, -0.2) is 0 Å². The predicted octanol–water partition coefficient (Wildman–Crippen LogP) is 6.72. The fourth-order valence-corrected chi connectivity index (χ4v) is 10.3. The second-order valence-electron chi connectivity index (χ2n) is 8.82. The molecule has 0 aliphatic carbocycles. The first-order valence-corrected chi connectivity index (χ1v) is 17.9. The van der Waals surface area contributed by atoms with E-state index in [-0.39, 0.29) is 11.8 Å². The summed E-state index contributed by atoms with van der Waals surface area (Å²) in [6.45, 7) is 9.38. The van der Waals surface area contributed by atoms with Gasteiger partial charge in [0.15, 0.2) is 0 Å². The third-order valence-electron chi connectivity index (χ3n) is 5.81. The number of hydrogen-bond donors (Lipinski definition) is 0. The third-order valence-corrected chi connectivity index (χ3v) is 11.3. The first-order valence-electron chi connectivity index (χ1n) is 11.5. The molecule has 0 N–H and O–H groups in total. The summed E-state index contributed by atoms with van der Waals surface area (Å²) in [4.78, 5) is 15.5. The van der Waals surface area contributed by atoms with E-state index in [9.17, 15) is 10.1 Å². The summed E-state index contributed by atoms with van der Waals surface area (Å²) in [7, 11) is 14.7. The normalized spacial score (nSPS) is 14.4. The Hall–Kier alpha value is -2.60. The van der Waals surface area contributed by atoms with Crippen LogP contribution in [0.4, 0.5) is 17.1 Å². The van der Waals surface area contributed by atoms with E-state index in [1.807, 2.05) is 38.1 Å². The standard InChI is InChI=1S/C17H18N2.C10H11NO3.2ClH.Ru/c1-14-7-3-5-9-16(14)18-11-12-19(13-18)17-10-6-4-8-15(17)2;1-7(2)14-10-5-4-9(11(12)13)6-8(10)3;;;/h3-10H,11-12H2,1-2H3;3-7H,1-2H3;2*1H;/q;;;;-2/p-2. The van der Waals surface area contributed by atoms with Gasteiger partial charge in [-0.1, -0.05) is 0 Å². The second-order valence-corrected chi connectivity index (χ2v) is 18.1. The minimum atomic E-state index is -3.82. The van der Waals surface area contributed by atoms with E-state index >= 15 is 0 Å². The van der Waals surface area contributed by atoms with Gasteiger partial charge in [0, 0.05) is 0 Å². The topological polar surface area (TPSA) is 58.9 Å². The molecule has 3 aromatic carbocycles. The molecule has 1 aliphatic rings. The van der Waals surface area contributed by atoms with Crippen LogP contribution in [0.3, 0.4) is 0 Å². The number of nitro benzene ring substituents is 1. The van der Waals surface area contributed by atoms with Crippen LogP contribution in [0.5, 0.6) is 5.75 Å². The summed E-state index contributed by atoms with van der Waals surface area (Å²) >= 11 is -3.82. The van der Waals surface area contributed by atoms with Crippen molar-refractivity contribution in [2.45, 2.75) is 33.8 Å². The zero-order valence-electron chi connectivity index (χ0n) is 20.6. The van der Waals surface area contributed by atoms with Crippen LogP contribution >= 0.6 is 19.4 Å². The van der Waals surface area contributed by atoms with Gasteiger partial charge in [-0.3, -0.25) is 0 Å². The van der Waals surface area contributed by atoms with Crippen molar-refractivity contribution < 1.29 is 21.6 Å². The number of para-hydroxylation sites is 2. The van der Waals surface area contributed by atoms with Crippen molar-refractivity contribution in [1.29, 1.82) is 0 Å². The third kappa shape index (κ3) is 5.54. The summed E-state index contributed by atoms with van der Waals surface area (Å²) in [5.74, 6) is 0.519. The maximum absolute atomic E-state index is 11.5. The number of hydrogen-bond acceptors (Lipinski definition) is 5. The van der Waals surface area contributed by atoms with E-state index in [0.717, 1.165) is 26.9 Å². The van der Waals surface area contributed by atoms with Crippen LogP contribution in [0.25, 0.3) is 0 Å². The molecule has 6 nitrogen and oxygen atoms in total. The fourth-order valence-electron chi connectivity index (χ4n) is 4.22. The monoisotopic (exact) mass is 615 g/mol. The van der Waals surface area contributed by atoms with Crippen LogP contribution in [-0.4, -0.2) is 33.1 Å². The number of ether oxygens (including phenoxy) is 1. The Balaban J connectivity index is 2.02. The quantitative estimate of drug-likeness (QED) is 0.175. The van der Waals surface area contributed by atoms with Crippen LogP contribution in [0, 0.1) is 24.0 Å². The molecule has 0 bridgehead atoms. The van der Waals surface area contributed by atoms with Crippen molar-refractivity contribution >= 4 is 45.4 Å². The van der Waals surface area contributed by atoms with Crippen LogP contribution in [0.1, 0.15) is 30.5 Å². The Bertz CT molecular complexity index is 1370. The molecule has 0 unspecified atom stereocenters. The number of halogens is 2. The van der Waals surface area contributed by atoms with Gasteiger partial charge in [0.05, 0.1) is 0 Å². The molecule has 0 radical (unpaired) electrons. The van der Waals surface area contributed by atoms with E-state index in [0.29, 0.717) is 24.4 Å². The van der Waals surface area contributed by atoms with Crippen molar-refractivity contribution in [1.82, 2.24) is 0 Å². The van der Waals surface area contributed by atoms with Crippen molar-refractivity contribution in [3.63, 3.8) is 0 Å². The Kier molecular flexibility index (Phi) is 7.94. The summed E-state index contributed by atoms with van der Waals surface area (Å²) in [5, 5.41) is 11.5. The van der Waals surface area contributed by atoms with E-state index in [1.54, 1.807) is 10.7 Å². The molecule has 1 fully saturated rings. The molecule has 0 atom stereocenters. The average molecular weight is 616 g/mol. The van der Waals surface area contributed by atoms with Crippen LogP contribution in [-0.2, 0) is 11.9 Å². The first-order chi connectivity index (χ1) is 17.1. The molecule has 0 aromatic heterocycles. The van der Waals surface area contributed by atoms with Crippen LogP contribution < -0.4 is 14.5 Å². The van der Waals surface area contributed by atoms with E-state index in [2.05, 4.69) is 47.9 Å². The van der Waals surface area contributed by atoms with E-state index in [4.69, 9.17) is 24.1 Å². The zero-order valence-corrected chi connectivity index (χ0v) is 23.8. The molecule has 196 valence electrons. The average Bonchev–Trinajstić information content (AvgIpc) is 3.26. The Morgan fingerprint density at radius 2 is 1.47 bits per heavy atom. The van der Waals surface area contributed by atoms with E-state index < -0.39 is 16.8 Å². The molecule has 4 rings (SSSR count). The Morgan fingerprint density at radius 3 is 1.94 bits per heavy atom. The van der Waals surface area contributed by atoms with Crippen molar-refractivity contribution in [3.8, 4) is 5.75 Å². The molecule has 36 heavy (non-hydrogen) atoms. The second kappa shape index (κ2) is 10.8. The van der Waals surface area contributed by atoms with Gasteiger partial charge in [0.1, 0.15) is 0 Å². The molecule has 0 spiro atoms.